The third kappa shape index (κ3) is 2.63. The van der Waals surface area contributed by atoms with E-state index in [1.807, 2.05) is 0 Å². The Morgan fingerprint density at radius 3 is 3.21 bits per heavy atom. The number of aromatic amines is 1. The fourth-order valence-corrected chi connectivity index (χ4v) is 3.18. The van der Waals surface area contributed by atoms with E-state index < -0.39 is 0 Å². The van der Waals surface area contributed by atoms with Crippen molar-refractivity contribution in [1.82, 2.24) is 9.97 Å². The second-order valence-electron chi connectivity index (χ2n) is 4.85. The molecule has 0 aliphatic carbocycles. The fourth-order valence-electron chi connectivity index (χ4n) is 2.46. The van der Waals surface area contributed by atoms with Crippen molar-refractivity contribution in [2.45, 2.75) is 19.3 Å². The standard InChI is InChI=1S/C13H16N4OS/c14-13-16-11-10(12(18)17-13)6-8(7-15-11)3-4-9-2-1-5-19-9/h1-2,5,8H,3-4,6-7H2,(H4,14,15,16,17,18). The lowest BCUT2D eigenvalue weighted by molar-refractivity contribution is 0.493. The van der Waals surface area contributed by atoms with Gasteiger partial charge in [0.15, 0.2) is 0 Å². The van der Waals surface area contributed by atoms with E-state index in [1.165, 1.54) is 4.88 Å². The summed E-state index contributed by atoms with van der Waals surface area (Å²) in [4.78, 5) is 19.9. The average molecular weight is 276 g/mol. The summed E-state index contributed by atoms with van der Waals surface area (Å²) in [6, 6.07) is 4.23. The highest BCUT2D eigenvalue weighted by Gasteiger charge is 2.22. The molecule has 0 spiro atoms. The first-order valence-electron chi connectivity index (χ1n) is 6.37. The van der Waals surface area contributed by atoms with Crippen LogP contribution < -0.4 is 16.6 Å². The van der Waals surface area contributed by atoms with E-state index in [-0.39, 0.29) is 11.5 Å². The maximum atomic E-state index is 11.8. The molecule has 2 aromatic heterocycles. The van der Waals surface area contributed by atoms with Crippen LogP contribution in [0.1, 0.15) is 16.9 Å². The van der Waals surface area contributed by atoms with Crippen molar-refractivity contribution in [3.63, 3.8) is 0 Å². The molecule has 19 heavy (non-hydrogen) atoms. The zero-order chi connectivity index (χ0) is 13.2. The van der Waals surface area contributed by atoms with E-state index in [2.05, 4.69) is 32.8 Å². The molecule has 1 atom stereocenters. The molecule has 0 amide bonds. The molecule has 1 aliphatic rings. The lowest BCUT2D eigenvalue weighted by Crippen LogP contribution is -2.30. The topological polar surface area (TPSA) is 83.8 Å². The van der Waals surface area contributed by atoms with Crippen LogP contribution in [0.25, 0.3) is 0 Å². The number of aryl methyl sites for hydroxylation is 1. The maximum absolute atomic E-state index is 11.8. The zero-order valence-electron chi connectivity index (χ0n) is 10.5. The largest absolute Gasteiger partial charge is 0.369 e. The van der Waals surface area contributed by atoms with Gasteiger partial charge in [0.1, 0.15) is 5.82 Å². The van der Waals surface area contributed by atoms with Gasteiger partial charge in [-0.05, 0) is 36.6 Å². The minimum Gasteiger partial charge on any atom is -0.369 e. The van der Waals surface area contributed by atoms with Gasteiger partial charge < -0.3 is 11.1 Å². The van der Waals surface area contributed by atoms with Crippen molar-refractivity contribution in [3.8, 4) is 0 Å². The lowest BCUT2D eigenvalue weighted by Gasteiger charge is -2.24. The van der Waals surface area contributed by atoms with Crippen molar-refractivity contribution in [3.05, 3.63) is 38.3 Å². The van der Waals surface area contributed by atoms with Crippen molar-refractivity contribution in [2.75, 3.05) is 17.6 Å². The van der Waals surface area contributed by atoms with Crippen molar-refractivity contribution >= 4 is 23.1 Å². The van der Waals surface area contributed by atoms with Gasteiger partial charge >= 0.3 is 0 Å². The molecule has 0 saturated heterocycles. The Balaban J connectivity index is 1.70. The first kappa shape index (κ1) is 12.2. The number of hydrogen-bond donors (Lipinski definition) is 3. The summed E-state index contributed by atoms with van der Waals surface area (Å²) in [5.74, 6) is 1.29. The van der Waals surface area contributed by atoms with E-state index >= 15 is 0 Å². The minimum atomic E-state index is -0.115. The Morgan fingerprint density at radius 2 is 2.42 bits per heavy atom. The van der Waals surface area contributed by atoms with Crippen LogP contribution in [0.15, 0.2) is 22.3 Å². The molecular formula is C13H16N4OS. The van der Waals surface area contributed by atoms with Crippen LogP contribution in [0.2, 0.25) is 0 Å². The SMILES string of the molecule is Nc1nc2c(c(=O)[nH]1)CC(CCc1cccs1)CN2. The monoisotopic (exact) mass is 276 g/mol. The van der Waals surface area contributed by atoms with E-state index in [0.717, 1.165) is 31.4 Å². The second kappa shape index (κ2) is 5.05. The van der Waals surface area contributed by atoms with Gasteiger partial charge in [0.2, 0.25) is 5.95 Å². The normalized spacial score (nSPS) is 17.8. The summed E-state index contributed by atoms with van der Waals surface area (Å²) in [7, 11) is 0. The number of nitrogens with zero attached hydrogens (tertiary/aromatic N) is 1. The molecule has 3 heterocycles. The number of aromatic nitrogens is 2. The number of nitrogen functional groups attached to an aromatic ring is 1. The summed E-state index contributed by atoms with van der Waals surface area (Å²) >= 11 is 1.79. The number of nitrogens with two attached hydrogens (primary N) is 1. The average Bonchev–Trinajstić information content (AvgIpc) is 2.89. The number of H-pyrrole nitrogens is 1. The molecule has 0 bridgehead atoms. The first-order valence-corrected chi connectivity index (χ1v) is 7.25. The Morgan fingerprint density at radius 1 is 1.53 bits per heavy atom. The second-order valence-corrected chi connectivity index (χ2v) is 5.88. The molecule has 1 unspecified atom stereocenters. The fraction of sp³-hybridized carbons (Fsp3) is 0.385. The van der Waals surface area contributed by atoms with Gasteiger partial charge in [-0.2, -0.15) is 4.98 Å². The van der Waals surface area contributed by atoms with Crippen LogP contribution in [0.3, 0.4) is 0 Å². The highest BCUT2D eigenvalue weighted by Crippen LogP contribution is 2.24. The molecule has 0 saturated carbocycles. The predicted octanol–water partition coefficient (Wildman–Crippen LogP) is 1.63. The highest BCUT2D eigenvalue weighted by atomic mass is 32.1. The number of nitrogens with one attached hydrogen (secondary N) is 2. The van der Waals surface area contributed by atoms with Gasteiger partial charge in [0.05, 0.1) is 5.56 Å². The molecule has 0 radical (unpaired) electrons. The molecule has 5 nitrogen and oxygen atoms in total. The quantitative estimate of drug-likeness (QED) is 0.795. The summed E-state index contributed by atoms with van der Waals surface area (Å²) in [5.41, 5.74) is 6.15. The molecule has 4 N–H and O–H groups in total. The van der Waals surface area contributed by atoms with Crippen molar-refractivity contribution < 1.29 is 0 Å². The van der Waals surface area contributed by atoms with Crippen molar-refractivity contribution in [1.29, 1.82) is 0 Å². The van der Waals surface area contributed by atoms with Crippen LogP contribution in [0, 0.1) is 5.92 Å². The predicted molar refractivity (Wildman–Crippen MR) is 77.6 cm³/mol. The van der Waals surface area contributed by atoms with Crippen LogP contribution in [0.4, 0.5) is 11.8 Å². The molecule has 0 fully saturated rings. The van der Waals surface area contributed by atoms with E-state index in [4.69, 9.17) is 5.73 Å². The summed E-state index contributed by atoms with van der Waals surface area (Å²) in [5, 5.41) is 5.32. The van der Waals surface area contributed by atoms with Gasteiger partial charge in [-0.3, -0.25) is 9.78 Å². The Kier molecular flexibility index (Phi) is 3.25. The van der Waals surface area contributed by atoms with Gasteiger partial charge in [-0.15, -0.1) is 11.3 Å². The number of thiophene rings is 1. The number of rotatable bonds is 3. The number of anilines is 2. The number of hydrogen-bond acceptors (Lipinski definition) is 5. The van der Waals surface area contributed by atoms with E-state index in [0.29, 0.717) is 11.7 Å². The Labute approximate surface area is 114 Å². The summed E-state index contributed by atoms with van der Waals surface area (Å²) in [6.07, 6.45) is 2.92. The summed E-state index contributed by atoms with van der Waals surface area (Å²) in [6.45, 7) is 0.855. The minimum absolute atomic E-state index is 0.115. The zero-order valence-corrected chi connectivity index (χ0v) is 11.3. The first-order chi connectivity index (χ1) is 9.22. The van der Waals surface area contributed by atoms with Gasteiger partial charge in [-0.1, -0.05) is 6.07 Å². The van der Waals surface area contributed by atoms with Crippen molar-refractivity contribution in [2.24, 2.45) is 5.92 Å². The molecule has 6 heteroatoms. The molecule has 3 rings (SSSR count). The van der Waals surface area contributed by atoms with Crippen LogP contribution in [0.5, 0.6) is 0 Å². The maximum Gasteiger partial charge on any atom is 0.257 e. The molecular weight excluding hydrogens is 260 g/mol. The lowest BCUT2D eigenvalue weighted by atomic mass is 9.92. The molecule has 1 aliphatic heterocycles. The smallest absolute Gasteiger partial charge is 0.257 e. The molecule has 100 valence electrons. The van der Waals surface area contributed by atoms with Gasteiger partial charge in [0, 0.05) is 11.4 Å². The van der Waals surface area contributed by atoms with Crippen LogP contribution >= 0.6 is 11.3 Å². The summed E-state index contributed by atoms with van der Waals surface area (Å²) < 4.78 is 0. The molecule has 2 aromatic rings. The van der Waals surface area contributed by atoms with E-state index in [1.54, 1.807) is 11.3 Å². The Hall–Kier alpha value is -1.82. The number of fused-ring (bicyclic) bond motifs is 1. The molecule has 0 aromatic carbocycles. The third-order valence-corrected chi connectivity index (χ3v) is 4.40. The highest BCUT2D eigenvalue weighted by molar-refractivity contribution is 7.09. The Bertz CT molecular complexity index is 620. The van der Waals surface area contributed by atoms with Crippen LogP contribution in [-0.2, 0) is 12.8 Å². The van der Waals surface area contributed by atoms with Gasteiger partial charge in [0.25, 0.3) is 5.56 Å². The van der Waals surface area contributed by atoms with Crippen LogP contribution in [-0.4, -0.2) is 16.5 Å². The van der Waals surface area contributed by atoms with Gasteiger partial charge in [-0.25, -0.2) is 0 Å². The third-order valence-electron chi connectivity index (χ3n) is 3.46. The van der Waals surface area contributed by atoms with E-state index in [9.17, 15) is 4.79 Å².